The number of hydrogen-bond donors (Lipinski definition) is 2. The van der Waals surface area contributed by atoms with Gasteiger partial charge in [-0.2, -0.15) is 0 Å². The molecule has 30 heavy (non-hydrogen) atoms. The van der Waals surface area contributed by atoms with Crippen molar-refractivity contribution in [1.29, 1.82) is 0 Å². The van der Waals surface area contributed by atoms with Gasteiger partial charge in [-0.3, -0.25) is 9.59 Å². The fourth-order valence-corrected chi connectivity index (χ4v) is 3.57. The average molecular weight is 449 g/mol. The summed E-state index contributed by atoms with van der Waals surface area (Å²) >= 11 is 12.0. The van der Waals surface area contributed by atoms with Crippen molar-refractivity contribution in [3.63, 3.8) is 0 Å². The monoisotopic (exact) mass is 448 g/mol. The van der Waals surface area contributed by atoms with E-state index in [1.807, 2.05) is 30.3 Å². The number of benzene rings is 2. The van der Waals surface area contributed by atoms with Crippen LogP contribution in [0.25, 0.3) is 5.57 Å². The molecule has 0 bridgehead atoms. The van der Waals surface area contributed by atoms with Crippen LogP contribution in [0.4, 0.5) is 5.69 Å². The Hall–Kier alpha value is -2.54. The Morgan fingerprint density at radius 1 is 1.17 bits per heavy atom. The van der Waals surface area contributed by atoms with Gasteiger partial charge in [0, 0.05) is 22.8 Å². The molecule has 0 aromatic heterocycles. The number of methoxy groups -OCH3 is 1. The van der Waals surface area contributed by atoms with Crippen LogP contribution < -0.4 is 10.6 Å². The SMILES string of the molecule is COCC1=C(c2ccccc2)C(=O)NC(C(C)(C)C(=O)Nc2cc(Cl)cc(Cl)c2)O1. The normalized spacial score (nSPS) is 16.7. The van der Waals surface area contributed by atoms with Crippen molar-refractivity contribution in [3.8, 4) is 0 Å². The third-order valence-electron chi connectivity index (χ3n) is 4.73. The van der Waals surface area contributed by atoms with Gasteiger partial charge in [-0.05, 0) is 37.6 Å². The summed E-state index contributed by atoms with van der Waals surface area (Å²) in [6.07, 6.45) is -0.905. The number of halogens is 2. The third-order valence-corrected chi connectivity index (χ3v) is 5.16. The molecule has 2 N–H and O–H groups in total. The van der Waals surface area contributed by atoms with Gasteiger partial charge in [-0.25, -0.2) is 0 Å². The van der Waals surface area contributed by atoms with E-state index in [4.69, 9.17) is 32.7 Å². The van der Waals surface area contributed by atoms with E-state index < -0.39 is 11.6 Å². The molecule has 0 spiro atoms. The van der Waals surface area contributed by atoms with E-state index in [2.05, 4.69) is 10.6 Å². The van der Waals surface area contributed by atoms with Gasteiger partial charge in [0.25, 0.3) is 5.91 Å². The van der Waals surface area contributed by atoms with Crippen molar-refractivity contribution in [2.24, 2.45) is 5.41 Å². The Kier molecular flexibility index (Phi) is 6.71. The predicted molar refractivity (Wildman–Crippen MR) is 117 cm³/mol. The minimum absolute atomic E-state index is 0.0930. The summed E-state index contributed by atoms with van der Waals surface area (Å²) in [6, 6.07) is 13.9. The largest absolute Gasteiger partial charge is 0.471 e. The Morgan fingerprint density at radius 2 is 1.80 bits per heavy atom. The smallest absolute Gasteiger partial charge is 0.258 e. The molecule has 2 amide bonds. The van der Waals surface area contributed by atoms with Crippen LogP contribution >= 0.6 is 23.2 Å². The highest BCUT2D eigenvalue weighted by Crippen LogP contribution is 2.33. The van der Waals surface area contributed by atoms with E-state index in [1.165, 1.54) is 7.11 Å². The second-order valence-corrected chi connectivity index (χ2v) is 8.28. The molecule has 2 aromatic carbocycles. The van der Waals surface area contributed by atoms with Crippen LogP contribution in [-0.4, -0.2) is 31.8 Å². The highest BCUT2D eigenvalue weighted by atomic mass is 35.5. The van der Waals surface area contributed by atoms with Crippen molar-refractivity contribution >= 4 is 46.3 Å². The zero-order chi connectivity index (χ0) is 21.9. The molecule has 1 heterocycles. The number of rotatable bonds is 6. The molecule has 0 aliphatic carbocycles. The lowest BCUT2D eigenvalue weighted by Gasteiger charge is -2.37. The summed E-state index contributed by atoms with van der Waals surface area (Å²) in [5.41, 5.74) is 0.416. The summed E-state index contributed by atoms with van der Waals surface area (Å²) in [6.45, 7) is 3.45. The Balaban J connectivity index is 1.87. The first-order chi connectivity index (χ1) is 14.2. The standard InChI is InChI=1S/C22H22Cl2N2O4/c1-22(2,20(28)25-16-10-14(23)9-15(24)11-16)21-26-19(27)18(17(30-21)12-29-3)13-7-5-4-6-8-13/h4-11,21H,12H2,1-3H3,(H,25,28)(H,26,27). The first-order valence-electron chi connectivity index (χ1n) is 9.25. The minimum atomic E-state index is -1.12. The van der Waals surface area contributed by atoms with Crippen molar-refractivity contribution in [3.05, 3.63) is 69.9 Å². The molecular weight excluding hydrogens is 427 g/mol. The second-order valence-electron chi connectivity index (χ2n) is 7.40. The Morgan fingerprint density at radius 3 is 2.40 bits per heavy atom. The summed E-state index contributed by atoms with van der Waals surface area (Å²) < 4.78 is 11.3. The van der Waals surface area contributed by atoms with Gasteiger partial charge in [-0.1, -0.05) is 53.5 Å². The van der Waals surface area contributed by atoms with Crippen LogP contribution in [0.1, 0.15) is 19.4 Å². The van der Waals surface area contributed by atoms with Gasteiger partial charge in [0.2, 0.25) is 5.91 Å². The summed E-state index contributed by atoms with van der Waals surface area (Å²) in [5, 5.41) is 6.37. The predicted octanol–water partition coefficient (Wildman–Crippen LogP) is 4.49. The highest BCUT2D eigenvalue weighted by molar-refractivity contribution is 6.35. The van der Waals surface area contributed by atoms with Gasteiger partial charge < -0.3 is 20.1 Å². The zero-order valence-electron chi connectivity index (χ0n) is 16.8. The van der Waals surface area contributed by atoms with E-state index in [1.54, 1.807) is 32.0 Å². The summed E-state index contributed by atoms with van der Waals surface area (Å²) in [7, 11) is 1.52. The second kappa shape index (κ2) is 9.08. The van der Waals surface area contributed by atoms with Crippen LogP contribution in [0.5, 0.6) is 0 Å². The van der Waals surface area contributed by atoms with E-state index in [9.17, 15) is 9.59 Å². The quantitative estimate of drug-likeness (QED) is 0.682. The maximum Gasteiger partial charge on any atom is 0.258 e. The fraction of sp³-hybridized carbons (Fsp3) is 0.273. The maximum absolute atomic E-state index is 13.0. The van der Waals surface area contributed by atoms with Crippen molar-refractivity contribution in [1.82, 2.24) is 5.32 Å². The Bertz CT molecular complexity index is 970. The molecule has 1 aliphatic rings. The van der Waals surface area contributed by atoms with Gasteiger partial charge in [0.05, 0.1) is 11.0 Å². The maximum atomic E-state index is 13.0. The molecule has 6 nitrogen and oxygen atoms in total. The molecule has 0 radical (unpaired) electrons. The van der Waals surface area contributed by atoms with Crippen LogP contribution in [0, 0.1) is 5.41 Å². The van der Waals surface area contributed by atoms with Crippen LogP contribution in [0.3, 0.4) is 0 Å². The van der Waals surface area contributed by atoms with E-state index in [-0.39, 0.29) is 18.4 Å². The first-order valence-corrected chi connectivity index (χ1v) is 10.0. The molecule has 1 unspecified atom stereocenters. The zero-order valence-corrected chi connectivity index (χ0v) is 18.3. The van der Waals surface area contributed by atoms with Gasteiger partial charge >= 0.3 is 0 Å². The molecule has 0 fully saturated rings. The molecule has 8 heteroatoms. The number of hydrogen-bond acceptors (Lipinski definition) is 4. The topological polar surface area (TPSA) is 76.7 Å². The van der Waals surface area contributed by atoms with E-state index >= 15 is 0 Å². The van der Waals surface area contributed by atoms with Gasteiger partial charge in [-0.15, -0.1) is 0 Å². The lowest BCUT2D eigenvalue weighted by atomic mass is 9.88. The average Bonchev–Trinajstić information content (AvgIpc) is 2.67. The number of nitrogens with one attached hydrogen (secondary N) is 2. The number of ether oxygens (including phenoxy) is 2. The van der Waals surface area contributed by atoms with Gasteiger partial charge in [0.1, 0.15) is 12.4 Å². The van der Waals surface area contributed by atoms with Crippen molar-refractivity contribution < 1.29 is 19.1 Å². The van der Waals surface area contributed by atoms with E-state index in [0.717, 1.165) is 0 Å². The first kappa shape index (κ1) is 22.2. The molecule has 0 saturated heterocycles. The van der Waals surface area contributed by atoms with Crippen molar-refractivity contribution in [2.75, 3.05) is 19.0 Å². The fourth-order valence-electron chi connectivity index (χ4n) is 3.05. The number of anilines is 1. The molecule has 2 aromatic rings. The third kappa shape index (κ3) is 4.78. The van der Waals surface area contributed by atoms with Crippen LogP contribution in [-0.2, 0) is 19.1 Å². The van der Waals surface area contributed by atoms with E-state index in [0.29, 0.717) is 32.6 Å². The van der Waals surface area contributed by atoms with Crippen LogP contribution in [0.2, 0.25) is 10.0 Å². The highest BCUT2D eigenvalue weighted by Gasteiger charge is 2.43. The lowest BCUT2D eigenvalue weighted by Crippen LogP contribution is -2.54. The number of carbonyl (C=O) groups is 2. The lowest BCUT2D eigenvalue weighted by molar-refractivity contribution is -0.138. The van der Waals surface area contributed by atoms with Gasteiger partial charge in [0.15, 0.2) is 6.23 Å². The summed E-state index contributed by atoms with van der Waals surface area (Å²) in [5.74, 6) is -0.341. The molecule has 3 rings (SSSR count). The molecular formula is C22H22Cl2N2O4. The van der Waals surface area contributed by atoms with Crippen molar-refractivity contribution in [2.45, 2.75) is 20.1 Å². The molecule has 1 aliphatic heterocycles. The summed E-state index contributed by atoms with van der Waals surface area (Å²) in [4.78, 5) is 25.9. The number of carbonyl (C=O) groups excluding carboxylic acids is 2. The molecule has 0 saturated carbocycles. The van der Waals surface area contributed by atoms with Crippen LogP contribution in [0.15, 0.2) is 54.3 Å². The molecule has 158 valence electrons. The Labute approximate surface area is 185 Å². The number of amides is 2. The minimum Gasteiger partial charge on any atom is -0.471 e. The molecule has 1 atom stereocenters.